The van der Waals surface area contributed by atoms with Gasteiger partial charge in [-0.2, -0.15) is 10.4 Å². The van der Waals surface area contributed by atoms with Gasteiger partial charge in [0.1, 0.15) is 17.7 Å². The fourth-order valence-corrected chi connectivity index (χ4v) is 5.99. The van der Waals surface area contributed by atoms with Gasteiger partial charge in [-0.05, 0) is 57.0 Å². The Morgan fingerprint density at radius 3 is 2.80 bits per heavy atom. The molecule has 1 aliphatic rings. The van der Waals surface area contributed by atoms with Gasteiger partial charge in [0.05, 0.1) is 17.0 Å². The Morgan fingerprint density at radius 2 is 2.11 bits per heavy atom. The molecule has 3 heterocycles. The van der Waals surface area contributed by atoms with Crippen LogP contribution in [0.2, 0.25) is 0 Å². The topological polar surface area (TPSA) is 104 Å². The van der Waals surface area contributed by atoms with Crippen LogP contribution in [0.25, 0.3) is 21.8 Å². The lowest BCUT2D eigenvalue weighted by molar-refractivity contribution is 0.188. The molecule has 5 rings (SSSR count). The van der Waals surface area contributed by atoms with E-state index in [1.807, 2.05) is 31.5 Å². The number of hydrogen-bond acceptors (Lipinski definition) is 6. The van der Waals surface area contributed by atoms with E-state index in [0.717, 1.165) is 41.4 Å². The highest BCUT2D eigenvalue weighted by Crippen LogP contribution is 2.33. The van der Waals surface area contributed by atoms with Gasteiger partial charge < -0.3 is 9.72 Å². The normalized spacial score (nSPS) is 17.0. The number of nitrogens with one attached hydrogen (secondary N) is 1. The fourth-order valence-electron chi connectivity index (χ4n) is 4.98. The summed E-state index contributed by atoms with van der Waals surface area (Å²) in [5, 5.41) is 16.2. The summed E-state index contributed by atoms with van der Waals surface area (Å²) in [5.41, 5.74) is 3.54. The van der Waals surface area contributed by atoms with E-state index >= 15 is 0 Å². The van der Waals surface area contributed by atoms with Gasteiger partial charge in [-0.3, -0.25) is 9.58 Å². The van der Waals surface area contributed by atoms with Crippen molar-refractivity contribution >= 4 is 31.6 Å². The number of nitriles is 1. The number of aromatic nitrogens is 3. The van der Waals surface area contributed by atoms with Gasteiger partial charge in [0.15, 0.2) is 15.6 Å². The van der Waals surface area contributed by atoms with E-state index < -0.39 is 9.84 Å². The summed E-state index contributed by atoms with van der Waals surface area (Å²) >= 11 is 0. The molecule has 2 aromatic heterocycles. The predicted molar refractivity (Wildman–Crippen MR) is 135 cm³/mol. The maximum absolute atomic E-state index is 12.6. The minimum atomic E-state index is -3.45. The average molecular weight is 492 g/mol. The molecule has 4 aromatic rings. The van der Waals surface area contributed by atoms with Crippen molar-refractivity contribution in [1.29, 1.82) is 5.26 Å². The molecule has 0 aliphatic carbocycles. The summed E-state index contributed by atoms with van der Waals surface area (Å²) in [5.74, 6) is 0.499. The maximum Gasteiger partial charge on any atom is 0.175 e. The van der Waals surface area contributed by atoms with Crippen molar-refractivity contribution in [2.45, 2.75) is 50.8 Å². The maximum atomic E-state index is 12.6. The number of rotatable bonds is 6. The van der Waals surface area contributed by atoms with Gasteiger partial charge in [0.25, 0.3) is 0 Å². The lowest BCUT2D eigenvalue weighted by Crippen LogP contribution is -2.30. The molecule has 1 fully saturated rings. The molecular formula is C26H29N5O3S. The van der Waals surface area contributed by atoms with Crippen LogP contribution >= 0.6 is 0 Å². The number of aromatic amines is 1. The second-order valence-electron chi connectivity index (χ2n) is 9.64. The van der Waals surface area contributed by atoms with Crippen LogP contribution in [0.5, 0.6) is 5.75 Å². The van der Waals surface area contributed by atoms with Gasteiger partial charge >= 0.3 is 0 Å². The number of ether oxygens (including phenoxy) is 1. The molecule has 1 N–H and O–H groups in total. The van der Waals surface area contributed by atoms with Crippen LogP contribution < -0.4 is 4.74 Å². The number of nitrogens with zero attached hydrogens (tertiary/aromatic N) is 4. The number of hydrogen-bond donors (Lipinski definition) is 1. The third-order valence-corrected chi connectivity index (χ3v) is 7.99. The molecule has 1 saturated heterocycles. The first-order valence-corrected chi connectivity index (χ1v) is 13.7. The molecule has 0 saturated carbocycles. The number of likely N-dealkylation sites (tertiary alicyclic amines) is 1. The van der Waals surface area contributed by atoms with E-state index in [2.05, 4.69) is 29.8 Å². The molecule has 2 aromatic carbocycles. The van der Waals surface area contributed by atoms with E-state index in [1.54, 1.807) is 16.8 Å². The highest BCUT2D eigenvalue weighted by molar-refractivity contribution is 7.90. The standard InChI is InChI=1S/C26H29N5O3S/c1-16(2)30-10-8-20(14-30)34-26-18(12-27)5-6-19-13-31(29-25(19)26)15-22-21-7-9-28-24(21)17(3)11-23(22)35(4,32)33/h5-7,9,11,13,16,20,28H,8,10,14-15H2,1-4H3. The van der Waals surface area contributed by atoms with E-state index in [4.69, 9.17) is 9.84 Å². The summed E-state index contributed by atoms with van der Waals surface area (Å²) in [4.78, 5) is 5.87. The second kappa shape index (κ2) is 8.70. The van der Waals surface area contributed by atoms with Crippen molar-refractivity contribution in [1.82, 2.24) is 19.7 Å². The molecule has 182 valence electrons. The summed E-state index contributed by atoms with van der Waals surface area (Å²) in [6.07, 6.45) is 5.82. The minimum absolute atomic E-state index is 0.00586. The fraction of sp³-hybridized carbons (Fsp3) is 0.385. The third kappa shape index (κ3) is 4.28. The number of H-pyrrole nitrogens is 1. The number of sulfone groups is 1. The minimum Gasteiger partial charge on any atom is -0.485 e. The van der Waals surface area contributed by atoms with E-state index in [0.29, 0.717) is 33.3 Å². The van der Waals surface area contributed by atoms with Crippen molar-refractivity contribution in [2.75, 3.05) is 19.3 Å². The highest BCUT2D eigenvalue weighted by atomic mass is 32.2. The number of benzene rings is 2. The Kier molecular flexibility index (Phi) is 5.82. The zero-order valence-corrected chi connectivity index (χ0v) is 21.2. The quantitative estimate of drug-likeness (QED) is 0.437. The molecule has 0 radical (unpaired) electrons. The molecule has 9 heteroatoms. The van der Waals surface area contributed by atoms with Crippen LogP contribution in [-0.4, -0.2) is 59.6 Å². The molecular weight excluding hydrogens is 462 g/mol. The van der Waals surface area contributed by atoms with Crippen molar-refractivity contribution in [3.8, 4) is 11.8 Å². The Labute approximate surface area is 205 Å². The molecule has 1 atom stereocenters. The van der Waals surface area contributed by atoms with Gasteiger partial charge in [0.2, 0.25) is 0 Å². The van der Waals surface area contributed by atoms with Gasteiger partial charge in [-0.15, -0.1) is 0 Å². The Balaban J connectivity index is 1.56. The lowest BCUT2D eigenvalue weighted by Gasteiger charge is -2.20. The zero-order chi connectivity index (χ0) is 24.9. The Hall–Kier alpha value is -3.35. The van der Waals surface area contributed by atoms with Crippen LogP contribution in [0.1, 0.15) is 37.0 Å². The first kappa shape index (κ1) is 23.4. The molecule has 1 unspecified atom stereocenters. The van der Waals surface area contributed by atoms with Crippen molar-refractivity contribution in [2.24, 2.45) is 0 Å². The lowest BCUT2D eigenvalue weighted by atomic mass is 10.1. The average Bonchev–Trinajstić information content (AvgIpc) is 3.54. The molecule has 8 nitrogen and oxygen atoms in total. The summed E-state index contributed by atoms with van der Waals surface area (Å²) in [6, 6.07) is 9.92. The van der Waals surface area contributed by atoms with E-state index in [1.165, 1.54) is 6.26 Å². The molecule has 0 spiro atoms. The zero-order valence-electron chi connectivity index (χ0n) is 20.4. The van der Waals surface area contributed by atoms with Crippen molar-refractivity contribution < 1.29 is 13.2 Å². The largest absolute Gasteiger partial charge is 0.485 e. The Morgan fingerprint density at radius 1 is 1.31 bits per heavy atom. The van der Waals surface area contributed by atoms with Crippen LogP contribution in [0.4, 0.5) is 0 Å². The Bertz CT molecular complexity index is 1580. The van der Waals surface area contributed by atoms with E-state index in [-0.39, 0.29) is 12.6 Å². The summed E-state index contributed by atoms with van der Waals surface area (Å²) in [6.45, 7) is 8.29. The third-order valence-electron chi connectivity index (χ3n) is 6.82. The molecule has 0 bridgehead atoms. The molecule has 35 heavy (non-hydrogen) atoms. The van der Waals surface area contributed by atoms with Gasteiger partial charge in [0, 0.05) is 59.6 Å². The highest BCUT2D eigenvalue weighted by Gasteiger charge is 2.27. The predicted octanol–water partition coefficient (Wildman–Crippen LogP) is 4.01. The SMILES string of the molecule is Cc1cc(S(C)(=O)=O)c(Cn2cc3ccc(C#N)c(OC4CCN(C(C)C)C4)c3n2)c2cc[nH]c12. The summed E-state index contributed by atoms with van der Waals surface area (Å²) < 4.78 is 33.4. The monoisotopic (exact) mass is 491 g/mol. The van der Waals surface area contributed by atoms with Gasteiger partial charge in [-0.25, -0.2) is 8.42 Å². The summed E-state index contributed by atoms with van der Waals surface area (Å²) in [7, 11) is -3.45. The number of fused-ring (bicyclic) bond motifs is 2. The van der Waals surface area contributed by atoms with E-state index in [9.17, 15) is 13.7 Å². The van der Waals surface area contributed by atoms with Crippen molar-refractivity contribution in [3.63, 3.8) is 0 Å². The van der Waals surface area contributed by atoms with Gasteiger partial charge in [-0.1, -0.05) is 0 Å². The number of aryl methyl sites for hydroxylation is 1. The smallest absolute Gasteiger partial charge is 0.175 e. The van der Waals surface area contributed by atoms with Crippen LogP contribution in [-0.2, 0) is 16.4 Å². The molecule has 0 amide bonds. The second-order valence-corrected chi connectivity index (χ2v) is 11.6. The first-order valence-electron chi connectivity index (χ1n) is 11.8. The van der Waals surface area contributed by atoms with Crippen LogP contribution in [0.15, 0.2) is 41.6 Å². The van der Waals surface area contributed by atoms with Crippen LogP contribution in [0, 0.1) is 18.3 Å². The van der Waals surface area contributed by atoms with Crippen LogP contribution in [0.3, 0.4) is 0 Å². The molecule has 1 aliphatic heterocycles. The van der Waals surface area contributed by atoms with Crippen molar-refractivity contribution in [3.05, 3.63) is 53.3 Å². The first-order chi connectivity index (χ1) is 16.7.